The highest BCUT2D eigenvalue weighted by molar-refractivity contribution is 6.35. The standard InChI is InChI=1S/C13H9ClN4O2/c14-8-3-1-2-7-11(15)10(6-16-12(7)8)17-13(19)9-4-5-20-18-9/h1-6H,(H2,15,16)(H,17,19). The molecule has 0 saturated heterocycles. The summed E-state index contributed by atoms with van der Waals surface area (Å²) >= 11 is 6.04. The molecule has 0 bridgehead atoms. The fraction of sp³-hybridized carbons (Fsp3) is 0. The SMILES string of the molecule is Nc1c(NC(=O)c2ccon2)cnc2c(Cl)cccc12. The van der Waals surface area contributed by atoms with Gasteiger partial charge in [-0.25, -0.2) is 0 Å². The maximum absolute atomic E-state index is 11.9. The number of benzene rings is 1. The van der Waals surface area contributed by atoms with E-state index in [1.807, 2.05) is 0 Å². The Bertz CT molecular complexity index is 786. The maximum atomic E-state index is 11.9. The summed E-state index contributed by atoms with van der Waals surface area (Å²) < 4.78 is 4.61. The van der Waals surface area contributed by atoms with Gasteiger partial charge in [-0.15, -0.1) is 0 Å². The fourth-order valence-corrected chi connectivity index (χ4v) is 2.05. The molecule has 0 spiro atoms. The van der Waals surface area contributed by atoms with Crippen molar-refractivity contribution in [3.63, 3.8) is 0 Å². The van der Waals surface area contributed by atoms with E-state index in [1.54, 1.807) is 18.2 Å². The third kappa shape index (κ3) is 2.06. The Morgan fingerprint density at radius 3 is 2.95 bits per heavy atom. The lowest BCUT2D eigenvalue weighted by atomic mass is 10.1. The van der Waals surface area contributed by atoms with Crippen LogP contribution in [0, 0.1) is 0 Å². The molecular weight excluding hydrogens is 280 g/mol. The molecule has 1 amide bonds. The first kappa shape index (κ1) is 12.4. The van der Waals surface area contributed by atoms with Gasteiger partial charge >= 0.3 is 0 Å². The van der Waals surface area contributed by atoms with E-state index < -0.39 is 5.91 Å². The molecule has 6 nitrogen and oxygen atoms in total. The molecule has 0 atom stereocenters. The summed E-state index contributed by atoms with van der Waals surface area (Å²) in [6, 6.07) is 6.74. The van der Waals surface area contributed by atoms with Crippen LogP contribution in [0.3, 0.4) is 0 Å². The molecule has 20 heavy (non-hydrogen) atoms. The largest absolute Gasteiger partial charge is 0.396 e. The smallest absolute Gasteiger partial charge is 0.277 e. The number of pyridine rings is 1. The van der Waals surface area contributed by atoms with Gasteiger partial charge in [0.25, 0.3) is 5.91 Å². The van der Waals surface area contributed by atoms with Crippen LogP contribution in [0.5, 0.6) is 0 Å². The van der Waals surface area contributed by atoms with Gasteiger partial charge in [0, 0.05) is 11.5 Å². The summed E-state index contributed by atoms with van der Waals surface area (Å²) in [5.74, 6) is -0.423. The Hall–Kier alpha value is -2.60. The number of nitrogens with one attached hydrogen (secondary N) is 1. The lowest BCUT2D eigenvalue weighted by molar-refractivity contribution is 0.101. The highest BCUT2D eigenvalue weighted by Crippen LogP contribution is 2.30. The zero-order valence-electron chi connectivity index (χ0n) is 10.1. The van der Waals surface area contributed by atoms with Crippen LogP contribution in [-0.4, -0.2) is 16.0 Å². The molecule has 100 valence electrons. The molecule has 0 saturated carbocycles. The van der Waals surface area contributed by atoms with Gasteiger partial charge in [-0.1, -0.05) is 28.9 Å². The molecule has 3 N–H and O–H groups in total. The van der Waals surface area contributed by atoms with Crippen LogP contribution in [0.4, 0.5) is 11.4 Å². The predicted octanol–water partition coefficient (Wildman–Crippen LogP) is 2.71. The van der Waals surface area contributed by atoms with Crippen molar-refractivity contribution in [3.8, 4) is 0 Å². The summed E-state index contributed by atoms with van der Waals surface area (Å²) in [4.78, 5) is 16.1. The van der Waals surface area contributed by atoms with Crippen LogP contribution in [-0.2, 0) is 0 Å². The van der Waals surface area contributed by atoms with Gasteiger partial charge in [-0.2, -0.15) is 0 Å². The van der Waals surface area contributed by atoms with Crippen LogP contribution >= 0.6 is 11.6 Å². The zero-order valence-corrected chi connectivity index (χ0v) is 10.9. The number of hydrogen-bond acceptors (Lipinski definition) is 5. The van der Waals surface area contributed by atoms with E-state index >= 15 is 0 Å². The quantitative estimate of drug-likeness (QED) is 0.756. The molecule has 2 aromatic heterocycles. The Balaban J connectivity index is 2.01. The van der Waals surface area contributed by atoms with E-state index in [0.29, 0.717) is 27.3 Å². The van der Waals surface area contributed by atoms with Gasteiger partial charge < -0.3 is 15.6 Å². The molecule has 2 heterocycles. The Morgan fingerprint density at radius 2 is 2.20 bits per heavy atom. The number of anilines is 2. The Labute approximate surface area is 118 Å². The molecule has 0 unspecified atom stereocenters. The van der Waals surface area contributed by atoms with E-state index in [4.69, 9.17) is 17.3 Å². The van der Waals surface area contributed by atoms with Gasteiger partial charge in [-0.3, -0.25) is 9.78 Å². The summed E-state index contributed by atoms with van der Waals surface area (Å²) in [5.41, 5.74) is 7.58. The van der Waals surface area contributed by atoms with Crippen molar-refractivity contribution in [2.45, 2.75) is 0 Å². The van der Waals surface area contributed by atoms with Gasteiger partial charge in [-0.05, 0) is 6.07 Å². The summed E-state index contributed by atoms with van der Waals surface area (Å²) in [7, 11) is 0. The highest BCUT2D eigenvalue weighted by Gasteiger charge is 2.13. The summed E-state index contributed by atoms with van der Waals surface area (Å²) in [5, 5.41) is 7.36. The second kappa shape index (κ2) is 4.82. The monoisotopic (exact) mass is 288 g/mol. The minimum absolute atomic E-state index is 0.163. The number of fused-ring (bicyclic) bond motifs is 1. The van der Waals surface area contributed by atoms with Crippen LogP contribution in [0.25, 0.3) is 10.9 Å². The minimum atomic E-state index is -0.423. The van der Waals surface area contributed by atoms with Crippen LogP contribution in [0.15, 0.2) is 41.2 Å². The number of amides is 1. The van der Waals surface area contributed by atoms with Gasteiger partial charge in [0.15, 0.2) is 5.69 Å². The van der Waals surface area contributed by atoms with Gasteiger partial charge in [0.05, 0.1) is 28.1 Å². The average Bonchev–Trinajstić information content (AvgIpc) is 2.97. The number of para-hydroxylation sites is 1. The number of carbonyl (C=O) groups excluding carboxylic acids is 1. The van der Waals surface area contributed by atoms with Crippen molar-refractivity contribution in [1.29, 1.82) is 0 Å². The van der Waals surface area contributed by atoms with E-state index in [9.17, 15) is 4.79 Å². The number of carbonyl (C=O) groups is 1. The van der Waals surface area contributed by atoms with Crippen molar-refractivity contribution in [2.75, 3.05) is 11.1 Å². The molecule has 0 fully saturated rings. The van der Waals surface area contributed by atoms with E-state index in [1.165, 1.54) is 18.5 Å². The molecular formula is C13H9ClN4O2. The predicted molar refractivity (Wildman–Crippen MR) is 75.6 cm³/mol. The van der Waals surface area contributed by atoms with Crippen molar-refractivity contribution in [1.82, 2.24) is 10.1 Å². The number of nitrogen functional groups attached to an aromatic ring is 1. The number of aromatic nitrogens is 2. The molecule has 0 aliphatic carbocycles. The minimum Gasteiger partial charge on any atom is -0.396 e. The highest BCUT2D eigenvalue weighted by atomic mass is 35.5. The van der Waals surface area contributed by atoms with Gasteiger partial charge in [0.2, 0.25) is 0 Å². The second-order valence-corrected chi connectivity index (χ2v) is 4.47. The topological polar surface area (TPSA) is 94.0 Å². The van der Waals surface area contributed by atoms with E-state index in [2.05, 4.69) is 20.0 Å². The number of nitrogens with zero attached hydrogens (tertiary/aromatic N) is 2. The molecule has 0 aliphatic rings. The lowest BCUT2D eigenvalue weighted by Gasteiger charge is -2.09. The first-order chi connectivity index (χ1) is 9.66. The van der Waals surface area contributed by atoms with E-state index in [-0.39, 0.29) is 5.69 Å². The first-order valence-corrected chi connectivity index (χ1v) is 6.09. The van der Waals surface area contributed by atoms with Crippen molar-refractivity contribution >= 4 is 39.8 Å². The summed E-state index contributed by atoms with van der Waals surface area (Å²) in [6.07, 6.45) is 2.78. The third-order valence-corrected chi connectivity index (χ3v) is 3.11. The molecule has 0 radical (unpaired) electrons. The zero-order chi connectivity index (χ0) is 14.1. The fourth-order valence-electron chi connectivity index (χ4n) is 1.82. The van der Waals surface area contributed by atoms with Crippen LogP contribution in [0.2, 0.25) is 5.02 Å². The lowest BCUT2D eigenvalue weighted by Crippen LogP contribution is -2.14. The van der Waals surface area contributed by atoms with Gasteiger partial charge in [0.1, 0.15) is 6.26 Å². The maximum Gasteiger partial charge on any atom is 0.277 e. The number of nitrogens with two attached hydrogens (primary N) is 1. The first-order valence-electron chi connectivity index (χ1n) is 5.71. The second-order valence-electron chi connectivity index (χ2n) is 4.06. The summed E-state index contributed by atoms with van der Waals surface area (Å²) in [6.45, 7) is 0. The molecule has 0 aliphatic heterocycles. The normalized spacial score (nSPS) is 10.7. The van der Waals surface area contributed by atoms with Crippen molar-refractivity contribution in [3.05, 3.63) is 47.4 Å². The number of hydrogen-bond donors (Lipinski definition) is 2. The molecule has 3 rings (SSSR count). The Morgan fingerprint density at radius 1 is 1.35 bits per heavy atom. The van der Waals surface area contributed by atoms with Crippen LogP contribution < -0.4 is 11.1 Å². The van der Waals surface area contributed by atoms with Crippen molar-refractivity contribution < 1.29 is 9.32 Å². The average molecular weight is 289 g/mol. The van der Waals surface area contributed by atoms with E-state index in [0.717, 1.165) is 0 Å². The third-order valence-electron chi connectivity index (χ3n) is 2.81. The molecule has 3 aromatic rings. The van der Waals surface area contributed by atoms with Crippen LogP contribution in [0.1, 0.15) is 10.5 Å². The number of halogens is 1. The van der Waals surface area contributed by atoms with Crippen molar-refractivity contribution in [2.24, 2.45) is 0 Å². The molecule has 1 aromatic carbocycles. The molecule has 7 heteroatoms. The number of rotatable bonds is 2. The Kier molecular flexibility index (Phi) is 3.00.